The molecule has 1 amide bonds. The first-order valence-corrected chi connectivity index (χ1v) is 7.03. The summed E-state index contributed by atoms with van der Waals surface area (Å²) in [5.41, 5.74) is 0.151. The van der Waals surface area contributed by atoms with E-state index < -0.39 is 11.8 Å². The van der Waals surface area contributed by atoms with E-state index in [2.05, 4.69) is 10.4 Å². The van der Waals surface area contributed by atoms with Crippen molar-refractivity contribution >= 4 is 63.9 Å². The highest BCUT2D eigenvalue weighted by atomic mass is 35.5. The molecule has 0 unspecified atom stereocenters. The molecule has 0 fully saturated rings. The fourth-order valence-electron chi connectivity index (χ4n) is 1.50. The summed E-state index contributed by atoms with van der Waals surface area (Å²) >= 11 is 23.4. The molecule has 1 aromatic carbocycles. The van der Waals surface area contributed by atoms with Gasteiger partial charge in [0.1, 0.15) is 5.02 Å². The summed E-state index contributed by atoms with van der Waals surface area (Å²) in [5, 5.41) is 6.73. The van der Waals surface area contributed by atoms with Crippen LogP contribution in [0, 0.1) is 0 Å². The highest BCUT2D eigenvalue weighted by Gasteiger charge is 2.23. The summed E-state index contributed by atoms with van der Waals surface area (Å²) in [7, 11) is 0. The maximum Gasteiger partial charge on any atom is 0.277 e. The third-order valence-corrected chi connectivity index (χ3v) is 3.82. The van der Waals surface area contributed by atoms with Crippen molar-refractivity contribution in [1.29, 1.82) is 0 Å². The standard InChI is InChI=1S/C12H7Cl4N3O2/c1-5(20)19-11(16)9(15)10(18-19)12(21)17-8-3-2-6(13)4-7(8)14/h2-4H,1H3,(H,17,21). The predicted octanol–water partition coefficient (Wildman–Crippen LogP) is 4.41. The summed E-state index contributed by atoms with van der Waals surface area (Å²) in [6.07, 6.45) is 0. The van der Waals surface area contributed by atoms with Gasteiger partial charge in [-0.15, -0.1) is 0 Å². The number of carbonyl (C=O) groups excluding carboxylic acids is 2. The Morgan fingerprint density at radius 1 is 1.19 bits per heavy atom. The average molecular weight is 367 g/mol. The molecule has 1 N–H and O–H groups in total. The van der Waals surface area contributed by atoms with Gasteiger partial charge in [-0.1, -0.05) is 46.4 Å². The van der Waals surface area contributed by atoms with Crippen LogP contribution in [0.3, 0.4) is 0 Å². The van der Waals surface area contributed by atoms with Gasteiger partial charge in [-0.05, 0) is 18.2 Å². The molecule has 0 spiro atoms. The zero-order valence-electron chi connectivity index (χ0n) is 10.5. The van der Waals surface area contributed by atoms with E-state index in [0.717, 1.165) is 4.68 Å². The lowest BCUT2D eigenvalue weighted by Gasteiger charge is -2.06. The van der Waals surface area contributed by atoms with Crippen molar-refractivity contribution in [3.63, 3.8) is 0 Å². The number of hydrogen-bond donors (Lipinski definition) is 1. The fraction of sp³-hybridized carbons (Fsp3) is 0.0833. The number of amides is 1. The van der Waals surface area contributed by atoms with Gasteiger partial charge in [0.25, 0.3) is 5.91 Å². The molecular weight excluding hydrogens is 360 g/mol. The Labute approximate surface area is 139 Å². The van der Waals surface area contributed by atoms with Gasteiger partial charge in [0.05, 0.1) is 10.7 Å². The fourth-order valence-corrected chi connectivity index (χ4v) is 2.41. The number of nitrogens with one attached hydrogen (secondary N) is 1. The van der Waals surface area contributed by atoms with E-state index >= 15 is 0 Å². The second-order valence-electron chi connectivity index (χ2n) is 3.96. The summed E-state index contributed by atoms with van der Waals surface area (Å²) in [6, 6.07) is 4.56. The molecule has 0 saturated heterocycles. The number of benzene rings is 1. The number of rotatable bonds is 2. The zero-order valence-corrected chi connectivity index (χ0v) is 13.5. The quantitative estimate of drug-likeness (QED) is 0.856. The molecule has 1 aromatic heterocycles. The van der Waals surface area contributed by atoms with Crippen LogP contribution < -0.4 is 5.32 Å². The van der Waals surface area contributed by atoms with E-state index in [9.17, 15) is 9.59 Å². The van der Waals surface area contributed by atoms with E-state index in [1.54, 1.807) is 6.07 Å². The number of carbonyl (C=O) groups is 2. The summed E-state index contributed by atoms with van der Waals surface area (Å²) < 4.78 is 0.836. The van der Waals surface area contributed by atoms with Crippen molar-refractivity contribution < 1.29 is 9.59 Å². The van der Waals surface area contributed by atoms with E-state index in [1.165, 1.54) is 19.1 Å². The second-order valence-corrected chi connectivity index (χ2v) is 5.54. The van der Waals surface area contributed by atoms with Gasteiger partial charge < -0.3 is 5.32 Å². The zero-order chi connectivity index (χ0) is 15.7. The van der Waals surface area contributed by atoms with Crippen molar-refractivity contribution in [3.8, 4) is 0 Å². The van der Waals surface area contributed by atoms with Crippen LogP contribution in [0.1, 0.15) is 22.2 Å². The summed E-state index contributed by atoms with van der Waals surface area (Å²) in [4.78, 5) is 23.4. The number of anilines is 1. The molecule has 9 heteroatoms. The molecule has 2 aromatic rings. The molecule has 0 saturated carbocycles. The van der Waals surface area contributed by atoms with E-state index in [1.807, 2.05) is 0 Å². The number of hydrogen-bond acceptors (Lipinski definition) is 3. The number of nitrogens with zero attached hydrogens (tertiary/aromatic N) is 2. The molecule has 0 aliphatic carbocycles. The van der Waals surface area contributed by atoms with Crippen LogP contribution in [0.4, 0.5) is 5.69 Å². The highest BCUT2D eigenvalue weighted by Crippen LogP contribution is 2.29. The molecule has 1 heterocycles. The predicted molar refractivity (Wildman–Crippen MR) is 83.0 cm³/mol. The molecule has 110 valence electrons. The SMILES string of the molecule is CC(=O)n1nc(C(=O)Nc2ccc(Cl)cc2Cl)c(Cl)c1Cl. The Kier molecular flexibility index (Phi) is 4.78. The third kappa shape index (κ3) is 3.32. The van der Waals surface area contributed by atoms with Crippen molar-refractivity contribution in [3.05, 3.63) is 44.1 Å². The van der Waals surface area contributed by atoms with Crippen LogP contribution in [-0.4, -0.2) is 21.6 Å². The molecule has 0 bridgehead atoms. The smallest absolute Gasteiger partial charge is 0.277 e. The van der Waals surface area contributed by atoms with Crippen molar-refractivity contribution in [2.75, 3.05) is 5.32 Å². The molecule has 0 atom stereocenters. The van der Waals surface area contributed by atoms with Crippen LogP contribution in [-0.2, 0) is 0 Å². The third-order valence-electron chi connectivity index (χ3n) is 2.47. The molecular formula is C12H7Cl4N3O2. The van der Waals surface area contributed by atoms with Gasteiger partial charge in [-0.3, -0.25) is 9.59 Å². The van der Waals surface area contributed by atoms with Gasteiger partial charge in [-0.25, -0.2) is 0 Å². The van der Waals surface area contributed by atoms with Crippen LogP contribution in [0.25, 0.3) is 0 Å². The normalized spacial score (nSPS) is 10.5. The highest BCUT2D eigenvalue weighted by molar-refractivity contribution is 6.44. The van der Waals surface area contributed by atoms with Crippen LogP contribution in [0.2, 0.25) is 20.2 Å². The van der Waals surface area contributed by atoms with Gasteiger partial charge in [0.15, 0.2) is 10.8 Å². The van der Waals surface area contributed by atoms with Crippen LogP contribution in [0.5, 0.6) is 0 Å². The Morgan fingerprint density at radius 2 is 1.86 bits per heavy atom. The molecule has 0 aliphatic rings. The Bertz CT molecular complexity index is 742. The van der Waals surface area contributed by atoms with Crippen LogP contribution in [0.15, 0.2) is 18.2 Å². The first-order valence-electron chi connectivity index (χ1n) is 5.52. The maximum absolute atomic E-state index is 12.1. The van der Waals surface area contributed by atoms with Crippen molar-refractivity contribution in [2.45, 2.75) is 6.92 Å². The number of aromatic nitrogens is 2. The van der Waals surface area contributed by atoms with E-state index in [4.69, 9.17) is 46.4 Å². The largest absolute Gasteiger partial charge is 0.319 e. The van der Waals surface area contributed by atoms with Crippen molar-refractivity contribution in [1.82, 2.24) is 9.78 Å². The minimum absolute atomic E-state index is 0.116. The molecule has 21 heavy (non-hydrogen) atoms. The molecule has 0 aliphatic heterocycles. The number of halogens is 4. The van der Waals surface area contributed by atoms with E-state index in [0.29, 0.717) is 10.7 Å². The van der Waals surface area contributed by atoms with Gasteiger partial charge >= 0.3 is 0 Å². The minimum Gasteiger partial charge on any atom is -0.319 e. The van der Waals surface area contributed by atoms with Gasteiger partial charge in [0, 0.05) is 11.9 Å². The lowest BCUT2D eigenvalue weighted by Crippen LogP contribution is -2.15. The topological polar surface area (TPSA) is 64.0 Å². The lowest BCUT2D eigenvalue weighted by molar-refractivity contribution is 0.0920. The molecule has 5 nitrogen and oxygen atoms in total. The summed E-state index contributed by atoms with van der Waals surface area (Å²) in [6.45, 7) is 1.24. The minimum atomic E-state index is -0.647. The first-order chi connectivity index (χ1) is 9.81. The van der Waals surface area contributed by atoms with Crippen molar-refractivity contribution in [2.24, 2.45) is 0 Å². The molecule has 2 rings (SSSR count). The monoisotopic (exact) mass is 365 g/mol. The average Bonchev–Trinajstić information content (AvgIpc) is 2.70. The Hall–Kier alpha value is -1.27. The Balaban J connectivity index is 2.33. The van der Waals surface area contributed by atoms with Gasteiger partial charge in [0.2, 0.25) is 5.91 Å². The van der Waals surface area contributed by atoms with Gasteiger partial charge in [-0.2, -0.15) is 9.78 Å². The summed E-state index contributed by atoms with van der Waals surface area (Å²) in [5.74, 6) is -1.11. The Morgan fingerprint density at radius 3 is 2.38 bits per heavy atom. The first kappa shape index (κ1) is 16.1. The van der Waals surface area contributed by atoms with E-state index in [-0.39, 0.29) is 20.9 Å². The lowest BCUT2D eigenvalue weighted by atomic mass is 10.3. The molecule has 0 radical (unpaired) electrons. The maximum atomic E-state index is 12.1. The van der Waals surface area contributed by atoms with Crippen LogP contribution >= 0.6 is 46.4 Å². The second kappa shape index (κ2) is 6.23.